The van der Waals surface area contributed by atoms with Gasteiger partial charge in [0.25, 0.3) is 0 Å². The zero-order valence-electron chi connectivity index (χ0n) is 14.7. The zero-order valence-corrected chi connectivity index (χ0v) is 14.7. The van der Waals surface area contributed by atoms with Crippen LogP contribution in [0.3, 0.4) is 0 Å². The van der Waals surface area contributed by atoms with Gasteiger partial charge in [0.05, 0.1) is 12.2 Å². The zero-order chi connectivity index (χ0) is 16.4. The van der Waals surface area contributed by atoms with Crippen LogP contribution in [-0.2, 0) is 14.2 Å². The predicted octanol–water partition coefficient (Wildman–Crippen LogP) is 4.46. The first kappa shape index (κ1) is 19.2. The topological polar surface area (TPSA) is 27.7 Å². The molecule has 22 heavy (non-hydrogen) atoms. The molecule has 0 unspecified atom stereocenters. The lowest BCUT2D eigenvalue weighted by Crippen LogP contribution is -2.22. The number of unbranched alkanes of at least 4 members (excludes halogenated alkanes) is 4. The predicted molar refractivity (Wildman–Crippen MR) is 90.6 cm³/mol. The van der Waals surface area contributed by atoms with Crippen LogP contribution in [0.1, 0.15) is 65.7 Å². The molecule has 0 aliphatic carbocycles. The van der Waals surface area contributed by atoms with Crippen LogP contribution < -0.4 is 0 Å². The molecule has 1 saturated heterocycles. The molecular formula is C19H32O3. The first-order valence-corrected chi connectivity index (χ1v) is 8.51. The molecule has 3 nitrogen and oxygen atoms in total. The number of rotatable bonds is 9. The average Bonchev–Trinajstić information content (AvgIpc) is 2.78. The van der Waals surface area contributed by atoms with Gasteiger partial charge in [-0.1, -0.05) is 63.5 Å². The molecule has 1 rings (SSSR count). The molecule has 0 aromatic rings. The second kappa shape index (κ2) is 10.0. The maximum Gasteiger partial charge on any atom is 0.163 e. The minimum absolute atomic E-state index is 0.0518. The molecule has 0 amide bonds. The summed E-state index contributed by atoms with van der Waals surface area (Å²) in [6, 6.07) is 0. The van der Waals surface area contributed by atoms with Crippen LogP contribution in [0.4, 0.5) is 0 Å². The number of hydrogen-bond donors (Lipinski definition) is 0. The molecule has 0 spiro atoms. The highest BCUT2D eigenvalue weighted by atomic mass is 16.7. The van der Waals surface area contributed by atoms with Crippen molar-refractivity contribution >= 4 is 0 Å². The highest BCUT2D eigenvalue weighted by Crippen LogP contribution is 2.32. The van der Waals surface area contributed by atoms with Crippen LogP contribution in [0, 0.1) is 11.8 Å². The Morgan fingerprint density at radius 2 is 1.86 bits per heavy atom. The molecule has 1 heterocycles. The van der Waals surface area contributed by atoms with Crippen molar-refractivity contribution in [2.45, 2.75) is 89.8 Å². The number of hydrogen-bond acceptors (Lipinski definition) is 3. The molecule has 0 aromatic carbocycles. The fourth-order valence-electron chi connectivity index (χ4n) is 2.75. The monoisotopic (exact) mass is 308 g/mol. The molecule has 126 valence electrons. The Kier molecular flexibility index (Phi) is 8.78. The first-order chi connectivity index (χ1) is 10.5. The minimum atomic E-state index is -0.500. The molecule has 0 aromatic heterocycles. The molecule has 3 heteroatoms. The SMILES string of the molecule is C=C[C@H](C#CC[C@H]1OC(C)(C)O[C@@H]1CCCCCCC)OC. The van der Waals surface area contributed by atoms with Crippen molar-refractivity contribution in [2.75, 3.05) is 7.11 Å². The van der Waals surface area contributed by atoms with E-state index in [4.69, 9.17) is 14.2 Å². The lowest BCUT2D eigenvalue weighted by molar-refractivity contribution is -0.146. The minimum Gasteiger partial charge on any atom is -0.365 e. The maximum atomic E-state index is 6.04. The van der Waals surface area contributed by atoms with Gasteiger partial charge in [-0.25, -0.2) is 0 Å². The molecule has 3 atom stereocenters. The molecule has 0 saturated carbocycles. The summed E-state index contributed by atoms with van der Waals surface area (Å²) in [5.74, 6) is 5.71. The Labute approximate surface area is 136 Å². The Morgan fingerprint density at radius 3 is 2.50 bits per heavy atom. The van der Waals surface area contributed by atoms with Gasteiger partial charge in [0.1, 0.15) is 6.10 Å². The second-order valence-corrected chi connectivity index (χ2v) is 6.33. The Balaban J connectivity index is 2.45. The van der Waals surface area contributed by atoms with Crippen molar-refractivity contribution < 1.29 is 14.2 Å². The lowest BCUT2D eigenvalue weighted by atomic mass is 10.0. The molecule has 1 aliphatic heterocycles. The van der Waals surface area contributed by atoms with Crippen molar-refractivity contribution in [3.05, 3.63) is 12.7 Å². The normalized spacial score (nSPS) is 24.5. The molecule has 1 fully saturated rings. The maximum absolute atomic E-state index is 6.04. The summed E-state index contributed by atoms with van der Waals surface area (Å²) in [4.78, 5) is 0. The second-order valence-electron chi connectivity index (χ2n) is 6.33. The molecule has 1 aliphatic rings. The van der Waals surface area contributed by atoms with Gasteiger partial charge in [0, 0.05) is 13.5 Å². The largest absolute Gasteiger partial charge is 0.365 e. The Hall–Kier alpha value is -0.820. The third-order valence-corrected chi connectivity index (χ3v) is 3.89. The van der Waals surface area contributed by atoms with E-state index in [0.717, 1.165) is 6.42 Å². The molecule has 0 bridgehead atoms. The highest BCUT2D eigenvalue weighted by Gasteiger charge is 2.40. The van der Waals surface area contributed by atoms with E-state index < -0.39 is 5.79 Å². The van der Waals surface area contributed by atoms with Crippen LogP contribution in [-0.4, -0.2) is 31.2 Å². The smallest absolute Gasteiger partial charge is 0.163 e. The van der Waals surface area contributed by atoms with Crippen molar-refractivity contribution in [3.8, 4) is 11.8 Å². The van der Waals surface area contributed by atoms with Crippen LogP contribution in [0.25, 0.3) is 0 Å². The summed E-state index contributed by atoms with van der Waals surface area (Å²) >= 11 is 0. The summed E-state index contributed by atoms with van der Waals surface area (Å²) in [7, 11) is 1.64. The molecule has 0 radical (unpaired) electrons. The van der Waals surface area contributed by atoms with E-state index in [2.05, 4.69) is 25.3 Å². The van der Waals surface area contributed by atoms with Crippen molar-refractivity contribution in [1.29, 1.82) is 0 Å². The quantitative estimate of drug-likeness (QED) is 0.357. The van der Waals surface area contributed by atoms with E-state index in [0.29, 0.717) is 6.42 Å². The number of methoxy groups -OCH3 is 1. The Bertz CT molecular complexity index is 378. The van der Waals surface area contributed by atoms with Crippen molar-refractivity contribution in [1.82, 2.24) is 0 Å². The van der Waals surface area contributed by atoms with E-state index in [-0.39, 0.29) is 18.3 Å². The molecule has 0 N–H and O–H groups in total. The van der Waals surface area contributed by atoms with Crippen LogP contribution in [0.15, 0.2) is 12.7 Å². The van der Waals surface area contributed by atoms with Crippen molar-refractivity contribution in [3.63, 3.8) is 0 Å². The lowest BCUT2D eigenvalue weighted by Gasteiger charge is -2.16. The fraction of sp³-hybridized carbons (Fsp3) is 0.789. The van der Waals surface area contributed by atoms with Crippen LogP contribution in [0.5, 0.6) is 0 Å². The summed E-state index contributed by atoms with van der Waals surface area (Å²) in [6.07, 6.45) is 9.80. The first-order valence-electron chi connectivity index (χ1n) is 8.51. The fourth-order valence-corrected chi connectivity index (χ4v) is 2.75. The van der Waals surface area contributed by atoms with Gasteiger partial charge in [0.15, 0.2) is 5.79 Å². The number of ether oxygens (including phenoxy) is 3. The van der Waals surface area contributed by atoms with E-state index in [1.54, 1.807) is 13.2 Å². The Morgan fingerprint density at radius 1 is 1.18 bits per heavy atom. The van der Waals surface area contributed by atoms with E-state index in [1.807, 2.05) is 13.8 Å². The van der Waals surface area contributed by atoms with Crippen LogP contribution in [0.2, 0.25) is 0 Å². The van der Waals surface area contributed by atoms with E-state index in [1.165, 1.54) is 32.1 Å². The molecular weight excluding hydrogens is 276 g/mol. The van der Waals surface area contributed by atoms with Crippen molar-refractivity contribution in [2.24, 2.45) is 0 Å². The van der Waals surface area contributed by atoms with Gasteiger partial charge >= 0.3 is 0 Å². The van der Waals surface area contributed by atoms with Gasteiger partial charge < -0.3 is 14.2 Å². The van der Waals surface area contributed by atoms with Gasteiger partial charge in [-0.3, -0.25) is 0 Å². The highest BCUT2D eigenvalue weighted by molar-refractivity contribution is 5.12. The summed E-state index contributed by atoms with van der Waals surface area (Å²) < 4.78 is 17.2. The van der Waals surface area contributed by atoms with Gasteiger partial charge in [-0.2, -0.15) is 0 Å². The summed E-state index contributed by atoms with van der Waals surface area (Å²) in [5.41, 5.74) is 0. The summed E-state index contributed by atoms with van der Waals surface area (Å²) in [6.45, 7) is 9.90. The third kappa shape index (κ3) is 6.96. The van der Waals surface area contributed by atoms with E-state index >= 15 is 0 Å². The standard InChI is InChI=1S/C19H32O3/c1-6-8-9-10-11-14-17-18(22-19(3,4)21-17)15-12-13-16(7-2)20-5/h7,16-18H,2,6,8-11,14-15H2,1,3-5H3/t16-,17-,18-/m1/s1. The van der Waals surface area contributed by atoms with Gasteiger partial charge in [0.2, 0.25) is 0 Å². The average molecular weight is 308 g/mol. The summed E-state index contributed by atoms with van der Waals surface area (Å²) in [5, 5.41) is 0. The van der Waals surface area contributed by atoms with Gasteiger partial charge in [-0.15, -0.1) is 0 Å². The van der Waals surface area contributed by atoms with Gasteiger partial charge in [-0.05, 0) is 20.3 Å². The third-order valence-electron chi connectivity index (χ3n) is 3.89. The van der Waals surface area contributed by atoms with Crippen LogP contribution >= 0.6 is 0 Å². The van der Waals surface area contributed by atoms with E-state index in [9.17, 15) is 0 Å².